The first-order valence-electron chi connectivity index (χ1n) is 15.5. The third-order valence-corrected chi connectivity index (χ3v) is 11.6. The Balaban J connectivity index is 0.000000167. The van der Waals surface area contributed by atoms with Crippen LogP contribution in [-0.2, 0) is 25.2 Å². The first-order chi connectivity index (χ1) is 21.7. The van der Waals surface area contributed by atoms with Crippen molar-refractivity contribution in [1.29, 1.82) is 0 Å². The molecule has 4 nitrogen and oxygen atoms in total. The van der Waals surface area contributed by atoms with E-state index >= 15 is 0 Å². The van der Waals surface area contributed by atoms with Gasteiger partial charge in [0.1, 0.15) is 0 Å². The maximum atomic E-state index is 14.4. The standard InChI is InChI=1S/C20H22F2O4.C18H15S/c21-20(22,17(23)24)16(15-4-2-1-3-5-15)26-18(25)19-9-12-6-13(10-19)8-14(7-12)11-19;1-4-10-16(11-5-1)19(17-12-6-2-7-13-17)18-14-8-3-9-15-18/h1-5,12-14,16H,6-11H2,(H,23,24);1-15H/q;+1. The van der Waals surface area contributed by atoms with Gasteiger partial charge in [0.2, 0.25) is 6.10 Å². The number of halogens is 2. The molecule has 4 fully saturated rings. The molecule has 1 N–H and O–H groups in total. The van der Waals surface area contributed by atoms with E-state index in [9.17, 15) is 18.4 Å². The molecule has 0 heterocycles. The van der Waals surface area contributed by atoms with Gasteiger partial charge in [0.25, 0.3) is 0 Å². The minimum absolute atomic E-state index is 0.00187. The SMILES string of the molecule is O=C(OC(c1ccccc1)C(F)(F)C(=O)O)C12CC3CC(CC(C3)C1)C2.c1ccc([S+](c2ccccc2)c2ccccc2)cc1. The number of carbonyl (C=O) groups excluding carboxylic acids is 1. The van der Waals surface area contributed by atoms with Gasteiger partial charge < -0.3 is 9.84 Å². The van der Waals surface area contributed by atoms with Crippen LogP contribution < -0.4 is 0 Å². The molecule has 4 bridgehead atoms. The number of hydrogen-bond donors (Lipinski definition) is 1. The molecule has 0 aliphatic heterocycles. The van der Waals surface area contributed by atoms with Crippen LogP contribution in [0.25, 0.3) is 0 Å². The van der Waals surface area contributed by atoms with E-state index in [0.717, 1.165) is 19.3 Å². The van der Waals surface area contributed by atoms with E-state index in [1.807, 2.05) is 0 Å². The average Bonchev–Trinajstić information content (AvgIpc) is 3.05. The third kappa shape index (κ3) is 6.69. The van der Waals surface area contributed by atoms with E-state index in [0.29, 0.717) is 37.0 Å². The smallest absolute Gasteiger partial charge is 0.382 e. The van der Waals surface area contributed by atoms with Crippen molar-refractivity contribution >= 4 is 22.8 Å². The Morgan fingerprint density at radius 1 is 0.667 bits per heavy atom. The molecule has 4 aromatic rings. The topological polar surface area (TPSA) is 63.6 Å². The van der Waals surface area contributed by atoms with Crippen LogP contribution in [0.3, 0.4) is 0 Å². The van der Waals surface area contributed by atoms with Crippen molar-refractivity contribution in [3.05, 3.63) is 127 Å². The number of carboxylic acid groups (broad SMARTS) is 1. The Morgan fingerprint density at radius 2 is 1.02 bits per heavy atom. The zero-order valence-electron chi connectivity index (χ0n) is 24.9. The molecule has 0 amide bonds. The molecular formula is C38H37F2O4S+. The molecule has 0 radical (unpaired) electrons. The molecule has 45 heavy (non-hydrogen) atoms. The van der Waals surface area contributed by atoms with Crippen LogP contribution in [-0.4, -0.2) is 23.0 Å². The van der Waals surface area contributed by atoms with Gasteiger partial charge in [-0.05, 0) is 98.2 Å². The van der Waals surface area contributed by atoms with Crippen LogP contribution in [0.5, 0.6) is 0 Å². The van der Waals surface area contributed by atoms with Crippen LogP contribution in [0, 0.1) is 23.2 Å². The maximum Gasteiger partial charge on any atom is 0.382 e. The number of aliphatic carboxylic acids is 1. The second kappa shape index (κ2) is 13.2. The highest BCUT2D eigenvalue weighted by atomic mass is 32.2. The van der Waals surface area contributed by atoms with Gasteiger partial charge in [-0.3, -0.25) is 4.79 Å². The number of carbonyl (C=O) groups is 2. The highest BCUT2D eigenvalue weighted by Crippen LogP contribution is 2.61. The summed E-state index contributed by atoms with van der Waals surface area (Å²) >= 11 is 0. The minimum Gasteiger partial charge on any atom is -0.477 e. The van der Waals surface area contributed by atoms with Crippen molar-refractivity contribution in [3.8, 4) is 0 Å². The van der Waals surface area contributed by atoms with Gasteiger partial charge in [-0.2, -0.15) is 8.78 Å². The number of alkyl halides is 2. The van der Waals surface area contributed by atoms with Gasteiger partial charge in [-0.25, -0.2) is 4.79 Å². The largest absolute Gasteiger partial charge is 0.477 e. The summed E-state index contributed by atoms with van der Waals surface area (Å²) in [4.78, 5) is 28.2. The second-order valence-electron chi connectivity index (χ2n) is 12.6. The van der Waals surface area contributed by atoms with Crippen molar-refractivity contribution in [2.24, 2.45) is 23.2 Å². The first-order valence-corrected chi connectivity index (χ1v) is 16.7. The fourth-order valence-corrected chi connectivity index (χ4v) is 9.87. The highest BCUT2D eigenvalue weighted by molar-refractivity contribution is 7.97. The van der Waals surface area contributed by atoms with Crippen molar-refractivity contribution in [2.75, 3.05) is 0 Å². The van der Waals surface area contributed by atoms with Crippen molar-refractivity contribution in [1.82, 2.24) is 0 Å². The van der Waals surface area contributed by atoms with Crippen LogP contribution in [0.1, 0.15) is 50.2 Å². The molecule has 1 atom stereocenters. The predicted octanol–water partition coefficient (Wildman–Crippen LogP) is 8.99. The lowest BCUT2D eigenvalue weighted by molar-refractivity contribution is -0.207. The predicted molar refractivity (Wildman–Crippen MR) is 170 cm³/mol. The van der Waals surface area contributed by atoms with E-state index in [1.54, 1.807) is 6.07 Å². The van der Waals surface area contributed by atoms with E-state index in [2.05, 4.69) is 91.0 Å². The summed E-state index contributed by atoms with van der Waals surface area (Å²) in [5.41, 5.74) is -0.714. The molecule has 0 spiro atoms. The number of benzene rings is 4. The fourth-order valence-electron chi connectivity index (χ4n) is 7.76. The number of rotatable bonds is 8. The summed E-state index contributed by atoms with van der Waals surface area (Å²) in [6, 6.07) is 39.6. The number of esters is 1. The average molecular weight is 628 g/mol. The fraction of sp³-hybridized carbons (Fsp3) is 0.316. The Hall–Kier alpha value is -3.97. The van der Waals surface area contributed by atoms with Crippen molar-refractivity contribution in [2.45, 2.75) is 65.2 Å². The van der Waals surface area contributed by atoms with Gasteiger partial charge in [-0.1, -0.05) is 84.9 Å². The summed E-state index contributed by atoms with van der Waals surface area (Å²) in [7, 11) is -0.0146. The van der Waals surface area contributed by atoms with E-state index in [4.69, 9.17) is 9.84 Å². The minimum atomic E-state index is -4.18. The molecule has 4 aliphatic carbocycles. The van der Waals surface area contributed by atoms with Crippen molar-refractivity contribution < 1.29 is 28.2 Å². The molecule has 232 valence electrons. The molecule has 7 heteroatoms. The van der Waals surface area contributed by atoms with Crippen LogP contribution in [0.15, 0.2) is 136 Å². The second-order valence-corrected chi connectivity index (χ2v) is 14.6. The lowest BCUT2D eigenvalue weighted by atomic mass is 9.49. The molecule has 1 unspecified atom stereocenters. The summed E-state index contributed by atoms with van der Waals surface area (Å²) in [5.74, 6) is -5.73. The van der Waals surface area contributed by atoms with Gasteiger partial charge in [-0.15, -0.1) is 0 Å². The molecule has 4 aliphatic rings. The van der Waals surface area contributed by atoms with Crippen LogP contribution >= 0.6 is 0 Å². The number of carboxylic acids is 1. The lowest BCUT2D eigenvalue weighted by Crippen LogP contribution is -2.51. The van der Waals surface area contributed by atoms with E-state index in [1.165, 1.54) is 39.0 Å². The van der Waals surface area contributed by atoms with Gasteiger partial charge in [0.15, 0.2) is 14.7 Å². The summed E-state index contributed by atoms with van der Waals surface area (Å²) in [6.45, 7) is 0. The molecule has 8 rings (SSSR count). The number of ether oxygens (including phenoxy) is 1. The molecule has 4 saturated carbocycles. The molecular weight excluding hydrogens is 590 g/mol. The summed E-state index contributed by atoms with van der Waals surface area (Å²) in [6.07, 6.45) is 3.26. The van der Waals surface area contributed by atoms with E-state index < -0.39 is 29.4 Å². The van der Waals surface area contributed by atoms with Gasteiger partial charge in [0.05, 0.1) is 16.3 Å². The highest BCUT2D eigenvalue weighted by Gasteiger charge is 2.58. The summed E-state index contributed by atoms with van der Waals surface area (Å²) < 4.78 is 34.0. The monoisotopic (exact) mass is 627 g/mol. The Morgan fingerprint density at radius 3 is 1.38 bits per heavy atom. The maximum absolute atomic E-state index is 14.4. The zero-order chi connectivity index (χ0) is 31.4. The third-order valence-electron chi connectivity index (χ3n) is 9.35. The van der Waals surface area contributed by atoms with Crippen LogP contribution in [0.4, 0.5) is 8.78 Å². The number of hydrogen-bond acceptors (Lipinski definition) is 3. The quantitative estimate of drug-likeness (QED) is 0.156. The molecule has 4 aromatic carbocycles. The Labute approximate surface area is 265 Å². The Kier molecular flexibility index (Phi) is 9.09. The van der Waals surface area contributed by atoms with Crippen LogP contribution in [0.2, 0.25) is 0 Å². The zero-order valence-corrected chi connectivity index (χ0v) is 25.8. The molecule has 0 saturated heterocycles. The van der Waals surface area contributed by atoms with E-state index in [-0.39, 0.29) is 16.5 Å². The first kappa shape index (κ1) is 31.0. The normalized spacial score (nSPS) is 23.9. The van der Waals surface area contributed by atoms with Gasteiger partial charge >= 0.3 is 17.9 Å². The lowest BCUT2D eigenvalue weighted by Gasteiger charge is -2.55. The molecule has 0 aromatic heterocycles. The van der Waals surface area contributed by atoms with Crippen molar-refractivity contribution in [3.63, 3.8) is 0 Å². The van der Waals surface area contributed by atoms with Gasteiger partial charge in [0, 0.05) is 0 Å². The summed E-state index contributed by atoms with van der Waals surface area (Å²) in [5, 5.41) is 8.98. The Bertz CT molecular complexity index is 1450.